The average Bonchev–Trinajstić information content (AvgIpc) is 2.89. The summed E-state index contributed by atoms with van der Waals surface area (Å²) in [6.45, 7) is 3.56. The van der Waals surface area contributed by atoms with Gasteiger partial charge in [0.15, 0.2) is 0 Å². The highest BCUT2D eigenvalue weighted by Gasteiger charge is 2.37. The fourth-order valence-electron chi connectivity index (χ4n) is 4.79. The van der Waals surface area contributed by atoms with Gasteiger partial charge in [-0.1, -0.05) is 0 Å². The Morgan fingerprint density at radius 3 is 2.26 bits per heavy atom. The van der Waals surface area contributed by atoms with Gasteiger partial charge in [-0.2, -0.15) is 26.3 Å². The molecule has 2 atom stereocenters. The molecular weight excluding hydrogens is 532 g/mol. The van der Waals surface area contributed by atoms with Crippen LogP contribution in [0.2, 0.25) is 0 Å². The molecule has 0 spiro atoms. The molecular formula is C25H29F6N5O3. The van der Waals surface area contributed by atoms with E-state index in [0.29, 0.717) is 51.3 Å². The summed E-state index contributed by atoms with van der Waals surface area (Å²) in [5.74, 6) is -0.459. The summed E-state index contributed by atoms with van der Waals surface area (Å²) < 4.78 is 90.4. The van der Waals surface area contributed by atoms with Crippen LogP contribution in [0.5, 0.6) is 0 Å². The molecule has 0 saturated carbocycles. The molecule has 2 fully saturated rings. The summed E-state index contributed by atoms with van der Waals surface area (Å²) in [4.78, 5) is 22.9. The minimum Gasteiger partial charge on any atom is -0.379 e. The largest absolute Gasteiger partial charge is 0.416 e. The second kappa shape index (κ2) is 11.6. The Bertz CT molecular complexity index is 1140. The summed E-state index contributed by atoms with van der Waals surface area (Å²) >= 11 is 0. The van der Waals surface area contributed by atoms with Gasteiger partial charge in [0.2, 0.25) is 0 Å². The Hall–Kier alpha value is -2.97. The molecule has 0 radical (unpaired) electrons. The molecule has 1 amide bonds. The molecule has 4 rings (SSSR count). The zero-order valence-electron chi connectivity index (χ0n) is 21.3. The second-order valence-corrected chi connectivity index (χ2v) is 9.59. The van der Waals surface area contributed by atoms with Crippen molar-refractivity contribution < 1.29 is 40.6 Å². The van der Waals surface area contributed by atoms with Crippen molar-refractivity contribution in [2.24, 2.45) is 0 Å². The Balaban J connectivity index is 1.46. The number of ether oxygens (including phenoxy) is 2. The highest BCUT2D eigenvalue weighted by molar-refractivity contribution is 5.95. The number of anilines is 2. The van der Waals surface area contributed by atoms with Crippen LogP contribution in [0.1, 0.15) is 46.4 Å². The van der Waals surface area contributed by atoms with Crippen molar-refractivity contribution in [1.29, 1.82) is 0 Å². The smallest absolute Gasteiger partial charge is 0.379 e. The van der Waals surface area contributed by atoms with Gasteiger partial charge in [-0.15, -0.1) is 0 Å². The number of alkyl halides is 6. The first-order chi connectivity index (χ1) is 18.4. The molecule has 8 nitrogen and oxygen atoms in total. The van der Waals surface area contributed by atoms with Gasteiger partial charge in [-0.3, -0.25) is 4.79 Å². The van der Waals surface area contributed by atoms with Crippen LogP contribution in [0.15, 0.2) is 24.5 Å². The predicted molar refractivity (Wildman–Crippen MR) is 129 cm³/mol. The summed E-state index contributed by atoms with van der Waals surface area (Å²) in [5, 5.41) is 6.10. The van der Waals surface area contributed by atoms with E-state index in [1.54, 1.807) is 12.0 Å². The maximum atomic E-state index is 13.2. The number of benzene rings is 1. The number of amides is 1. The quantitative estimate of drug-likeness (QED) is 0.500. The summed E-state index contributed by atoms with van der Waals surface area (Å²) in [7, 11) is 1.64. The van der Waals surface area contributed by atoms with Crippen LogP contribution in [0.25, 0.3) is 0 Å². The molecule has 14 heteroatoms. The van der Waals surface area contributed by atoms with Crippen LogP contribution >= 0.6 is 0 Å². The van der Waals surface area contributed by atoms with Gasteiger partial charge in [-0.25, -0.2) is 9.97 Å². The van der Waals surface area contributed by atoms with Crippen LogP contribution in [-0.4, -0.2) is 72.4 Å². The summed E-state index contributed by atoms with van der Waals surface area (Å²) in [6, 6.07) is 1.50. The second-order valence-electron chi connectivity index (χ2n) is 9.59. The van der Waals surface area contributed by atoms with Gasteiger partial charge in [0.25, 0.3) is 5.91 Å². The number of carbonyl (C=O) groups excluding carboxylic acids is 1. The number of halogens is 6. The van der Waals surface area contributed by atoms with Crippen molar-refractivity contribution in [2.75, 3.05) is 38.7 Å². The van der Waals surface area contributed by atoms with E-state index in [-0.39, 0.29) is 41.3 Å². The minimum absolute atomic E-state index is 0.0193. The Morgan fingerprint density at radius 1 is 1.03 bits per heavy atom. The molecule has 2 aliphatic heterocycles. The topological polar surface area (TPSA) is 88.6 Å². The molecule has 2 unspecified atom stereocenters. The standard InChI is InChI=1S/C25H29F6N5O3/c1-14-21(23(37)36-6-3-17(4-7-36)34-19-5-8-39-12-20(19)38-2)32-13-33-22(14)35-18-10-15(24(26,27)28)9-16(11-18)25(29,30)31/h9-11,13,17,19-20,34H,3-8,12H2,1-2H3,(H,32,33,35). The van der Waals surface area contributed by atoms with Crippen molar-refractivity contribution in [1.82, 2.24) is 20.2 Å². The van der Waals surface area contributed by atoms with E-state index in [2.05, 4.69) is 20.6 Å². The number of piperidine rings is 1. The van der Waals surface area contributed by atoms with Gasteiger partial charge in [0.05, 0.1) is 23.8 Å². The number of carbonyl (C=O) groups is 1. The molecule has 0 bridgehead atoms. The van der Waals surface area contributed by atoms with Crippen molar-refractivity contribution in [3.8, 4) is 0 Å². The number of likely N-dealkylation sites (tertiary alicyclic amines) is 1. The van der Waals surface area contributed by atoms with Gasteiger partial charge in [-0.05, 0) is 44.4 Å². The SMILES string of the molecule is COC1COCCC1NC1CCN(C(=O)c2ncnc(Nc3cc(C(F)(F)F)cc(C(F)(F)F)c3)c2C)CC1. The zero-order chi connectivity index (χ0) is 28.4. The highest BCUT2D eigenvalue weighted by Crippen LogP contribution is 2.38. The van der Waals surface area contributed by atoms with E-state index in [0.717, 1.165) is 12.7 Å². The molecule has 1 aromatic heterocycles. The molecule has 1 aromatic carbocycles. The van der Waals surface area contributed by atoms with Crippen molar-refractivity contribution in [3.05, 3.63) is 46.9 Å². The Morgan fingerprint density at radius 2 is 1.67 bits per heavy atom. The van der Waals surface area contributed by atoms with Crippen molar-refractivity contribution in [3.63, 3.8) is 0 Å². The molecule has 3 heterocycles. The molecule has 2 aliphatic rings. The van der Waals surface area contributed by atoms with E-state index in [1.807, 2.05) is 0 Å². The minimum atomic E-state index is -4.99. The van der Waals surface area contributed by atoms with E-state index in [4.69, 9.17) is 9.47 Å². The summed E-state index contributed by atoms with van der Waals surface area (Å²) in [5.41, 5.74) is -3.16. The number of hydrogen-bond donors (Lipinski definition) is 2. The van der Waals surface area contributed by atoms with Gasteiger partial charge in [0, 0.05) is 50.1 Å². The maximum Gasteiger partial charge on any atom is 0.416 e. The highest BCUT2D eigenvalue weighted by atomic mass is 19.4. The van der Waals surface area contributed by atoms with Crippen LogP contribution in [0.4, 0.5) is 37.8 Å². The van der Waals surface area contributed by atoms with Crippen molar-refractivity contribution in [2.45, 2.75) is 56.7 Å². The third-order valence-corrected chi connectivity index (χ3v) is 6.98. The average molecular weight is 562 g/mol. The number of nitrogens with zero attached hydrogens (tertiary/aromatic N) is 3. The van der Waals surface area contributed by atoms with E-state index < -0.39 is 35.1 Å². The third kappa shape index (κ3) is 6.97. The molecule has 0 aliphatic carbocycles. The van der Waals surface area contributed by atoms with E-state index in [1.165, 1.54) is 6.92 Å². The first-order valence-corrected chi connectivity index (χ1v) is 12.4. The van der Waals surface area contributed by atoms with E-state index >= 15 is 0 Å². The van der Waals surface area contributed by atoms with Crippen LogP contribution in [0, 0.1) is 6.92 Å². The number of hydrogen-bond acceptors (Lipinski definition) is 7. The maximum absolute atomic E-state index is 13.2. The lowest BCUT2D eigenvalue weighted by atomic mass is 9.99. The number of rotatable bonds is 6. The lowest BCUT2D eigenvalue weighted by Crippen LogP contribution is -2.54. The summed E-state index contributed by atoms with van der Waals surface area (Å²) in [6.07, 6.45) is -6.77. The fourth-order valence-corrected chi connectivity index (χ4v) is 4.79. The van der Waals surface area contributed by atoms with Gasteiger partial charge < -0.3 is 25.0 Å². The lowest BCUT2D eigenvalue weighted by Gasteiger charge is -2.38. The van der Waals surface area contributed by atoms with E-state index in [9.17, 15) is 31.1 Å². The number of aromatic nitrogens is 2. The van der Waals surface area contributed by atoms with Crippen LogP contribution in [0.3, 0.4) is 0 Å². The Labute approximate surface area is 221 Å². The normalized spacial score (nSPS) is 21.2. The van der Waals surface area contributed by atoms with Gasteiger partial charge >= 0.3 is 12.4 Å². The van der Waals surface area contributed by atoms with Gasteiger partial charge in [0.1, 0.15) is 17.8 Å². The molecule has 2 N–H and O–H groups in total. The Kier molecular flexibility index (Phi) is 8.66. The fraction of sp³-hybridized carbons (Fsp3) is 0.560. The predicted octanol–water partition coefficient (Wildman–Crippen LogP) is 4.56. The molecule has 39 heavy (non-hydrogen) atoms. The zero-order valence-corrected chi connectivity index (χ0v) is 21.3. The van der Waals surface area contributed by atoms with Crippen molar-refractivity contribution >= 4 is 17.4 Å². The number of methoxy groups -OCH3 is 1. The molecule has 214 valence electrons. The van der Waals surface area contributed by atoms with Crippen LogP contribution < -0.4 is 10.6 Å². The monoisotopic (exact) mass is 561 g/mol. The third-order valence-electron chi connectivity index (χ3n) is 6.98. The first-order valence-electron chi connectivity index (χ1n) is 12.4. The van der Waals surface area contributed by atoms with Crippen LogP contribution in [-0.2, 0) is 21.8 Å². The molecule has 2 saturated heterocycles. The lowest BCUT2D eigenvalue weighted by molar-refractivity contribution is -0.143. The number of nitrogens with one attached hydrogen (secondary N) is 2. The molecule has 2 aromatic rings. The first kappa shape index (κ1) is 29.0.